The molecule has 0 fully saturated rings. The Morgan fingerprint density at radius 2 is 2.10 bits per heavy atom. The summed E-state index contributed by atoms with van der Waals surface area (Å²) in [6.45, 7) is 1.98. The molecule has 0 amide bonds. The van der Waals surface area contributed by atoms with E-state index in [0.29, 0.717) is 5.02 Å². The molecule has 0 saturated heterocycles. The Bertz CT molecular complexity index is 237. The first-order valence-corrected chi connectivity index (χ1v) is 4.37. The van der Waals surface area contributed by atoms with Crippen LogP contribution in [0.4, 0.5) is 0 Å². The van der Waals surface area contributed by atoms with Gasteiger partial charge in [-0.15, -0.1) is 12.6 Å². The number of hydrogen-bond acceptors (Lipinski definition) is 1. The SMILES string of the molecule is Cc1cc(S)cc(Cl)c1Br. The minimum absolute atomic E-state index is 0.713. The van der Waals surface area contributed by atoms with E-state index in [1.807, 2.05) is 19.1 Å². The molecule has 0 atom stereocenters. The van der Waals surface area contributed by atoms with Gasteiger partial charge in [0.25, 0.3) is 0 Å². The molecule has 0 spiro atoms. The summed E-state index contributed by atoms with van der Waals surface area (Å²) in [5.74, 6) is 0. The summed E-state index contributed by atoms with van der Waals surface area (Å²) in [6, 6.07) is 3.76. The molecule has 1 aromatic rings. The van der Waals surface area contributed by atoms with Crippen molar-refractivity contribution in [3.8, 4) is 0 Å². The lowest BCUT2D eigenvalue weighted by Crippen LogP contribution is -1.77. The third-order valence-electron chi connectivity index (χ3n) is 1.19. The van der Waals surface area contributed by atoms with Crippen molar-refractivity contribution < 1.29 is 0 Å². The third kappa shape index (κ3) is 1.68. The molecule has 10 heavy (non-hydrogen) atoms. The zero-order valence-corrected chi connectivity index (χ0v) is 8.59. The summed E-state index contributed by atoms with van der Waals surface area (Å²) >= 11 is 13.3. The van der Waals surface area contributed by atoms with E-state index < -0.39 is 0 Å². The second kappa shape index (κ2) is 3.16. The molecule has 0 saturated carbocycles. The highest BCUT2D eigenvalue weighted by Crippen LogP contribution is 2.28. The Labute approximate surface area is 79.1 Å². The van der Waals surface area contributed by atoms with E-state index in [0.717, 1.165) is 14.9 Å². The van der Waals surface area contributed by atoms with Crippen molar-refractivity contribution >= 4 is 40.2 Å². The maximum absolute atomic E-state index is 5.82. The van der Waals surface area contributed by atoms with Gasteiger partial charge in [-0.1, -0.05) is 11.6 Å². The molecule has 0 aliphatic heterocycles. The maximum atomic E-state index is 5.82. The highest BCUT2D eigenvalue weighted by Gasteiger charge is 2.00. The van der Waals surface area contributed by atoms with E-state index in [-0.39, 0.29) is 0 Å². The number of hydrogen-bond donors (Lipinski definition) is 1. The predicted molar refractivity (Wildman–Crippen MR) is 51.1 cm³/mol. The van der Waals surface area contributed by atoms with Gasteiger partial charge in [-0.05, 0) is 40.5 Å². The first kappa shape index (κ1) is 8.44. The molecule has 0 bridgehead atoms. The van der Waals surface area contributed by atoms with Crippen LogP contribution in [0.5, 0.6) is 0 Å². The van der Waals surface area contributed by atoms with E-state index >= 15 is 0 Å². The molecule has 0 aliphatic rings. The van der Waals surface area contributed by atoms with Gasteiger partial charge in [-0.25, -0.2) is 0 Å². The molecule has 0 nitrogen and oxygen atoms in total. The molecular formula is C7H6BrClS. The van der Waals surface area contributed by atoms with Crippen molar-refractivity contribution in [2.45, 2.75) is 11.8 Å². The average Bonchev–Trinajstić information content (AvgIpc) is 1.82. The maximum Gasteiger partial charge on any atom is 0.0561 e. The van der Waals surface area contributed by atoms with Crippen LogP contribution in [0.3, 0.4) is 0 Å². The second-order valence-electron chi connectivity index (χ2n) is 2.06. The summed E-state index contributed by atoms with van der Waals surface area (Å²) in [4.78, 5) is 0.894. The van der Waals surface area contributed by atoms with Crippen LogP contribution in [-0.4, -0.2) is 0 Å². The molecule has 54 valence electrons. The first-order valence-electron chi connectivity index (χ1n) is 2.76. The van der Waals surface area contributed by atoms with Crippen LogP contribution in [0.15, 0.2) is 21.5 Å². The quantitative estimate of drug-likeness (QED) is 0.654. The summed E-state index contributed by atoms with van der Waals surface area (Å²) in [5.41, 5.74) is 1.11. The van der Waals surface area contributed by atoms with E-state index in [1.165, 1.54) is 0 Å². The summed E-state index contributed by atoms with van der Waals surface area (Å²) in [5, 5.41) is 0.713. The minimum atomic E-state index is 0.713. The first-order chi connectivity index (χ1) is 4.61. The van der Waals surface area contributed by atoms with Crippen LogP contribution in [0.2, 0.25) is 5.02 Å². The topological polar surface area (TPSA) is 0 Å². The van der Waals surface area contributed by atoms with Gasteiger partial charge in [0, 0.05) is 9.37 Å². The summed E-state index contributed by atoms with van der Waals surface area (Å²) in [6.07, 6.45) is 0. The molecule has 0 N–H and O–H groups in total. The number of aryl methyl sites for hydroxylation is 1. The van der Waals surface area contributed by atoms with E-state index in [9.17, 15) is 0 Å². The number of rotatable bonds is 0. The zero-order chi connectivity index (χ0) is 7.72. The fourth-order valence-corrected chi connectivity index (χ4v) is 1.60. The minimum Gasteiger partial charge on any atom is -0.143 e. The monoisotopic (exact) mass is 236 g/mol. The number of halogens is 2. The fraction of sp³-hybridized carbons (Fsp3) is 0.143. The highest BCUT2D eigenvalue weighted by atomic mass is 79.9. The van der Waals surface area contributed by atoms with Crippen molar-refractivity contribution in [3.05, 3.63) is 27.2 Å². The van der Waals surface area contributed by atoms with E-state index in [1.54, 1.807) is 0 Å². The molecule has 0 aliphatic carbocycles. The second-order valence-corrected chi connectivity index (χ2v) is 3.78. The summed E-state index contributed by atoms with van der Waals surface area (Å²) in [7, 11) is 0. The average molecular weight is 238 g/mol. The van der Waals surface area contributed by atoms with Gasteiger partial charge in [0.2, 0.25) is 0 Å². The number of benzene rings is 1. The van der Waals surface area contributed by atoms with Crippen LogP contribution < -0.4 is 0 Å². The number of thiol groups is 1. The lowest BCUT2D eigenvalue weighted by molar-refractivity contribution is 1.34. The molecule has 0 radical (unpaired) electrons. The summed E-state index contributed by atoms with van der Waals surface area (Å²) < 4.78 is 0.951. The Morgan fingerprint density at radius 3 is 2.60 bits per heavy atom. The van der Waals surface area contributed by atoms with Gasteiger partial charge in [0.1, 0.15) is 0 Å². The van der Waals surface area contributed by atoms with Gasteiger partial charge in [-0.2, -0.15) is 0 Å². The molecule has 1 aromatic carbocycles. The molecule has 1 rings (SSSR count). The van der Waals surface area contributed by atoms with Gasteiger partial charge < -0.3 is 0 Å². The van der Waals surface area contributed by atoms with E-state index in [2.05, 4.69) is 28.6 Å². The molecule has 0 aromatic heterocycles. The smallest absolute Gasteiger partial charge is 0.0561 e. The lowest BCUT2D eigenvalue weighted by atomic mass is 10.2. The van der Waals surface area contributed by atoms with Crippen LogP contribution in [0, 0.1) is 6.92 Å². The van der Waals surface area contributed by atoms with Crippen molar-refractivity contribution in [1.29, 1.82) is 0 Å². The Hall–Kier alpha value is 0.340. The normalized spacial score (nSPS) is 10.0. The largest absolute Gasteiger partial charge is 0.143 e. The standard InChI is InChI=1S/C7H6BrClS/c1-4-2-5(10)3-6(9)7(4)8/h2-3,10H,1H3. The molecule has 0 heterocycles. The third-order valence-corrected chi connectivity index (χ3v) is 3.03. The Morgan fingerprint density at radius 1 is 1.50 bits per heavy atom. The van der Waals surface area contributed by atoms with Crippen LogP contribution in [0.25, 0.3) is 0 Å². The Balaban J connectivity index is 3.31. The van der Waals surface area contributed by atoms with Gasteiger partial charge in [-0.3, -0.25) is 0 Å². The highest BCUT2D eigenvalue weighted by molar-refractivity contribution is 9.10. The molecule has 0 unspecified atom stereocenters. The van der Waals surface area contributed by atoms with Gasteiger partial charge >= 0.3 is 0 Å². The van der Waals surface area contributed by atoms with Crippen LogP contribution >= 0.6 is 40.2 Å². The lowest BCUT2D eigenvalue weighted by Gasteiger charge is -2.00. The van der Waals surface area contributed by atoms with Crippen molar-refractivity contribution in [3.63, 3.8) is 0 Å². The van der Waals surface area contributed by atoms with Crippen molar-refractivity contribution in [1.82, 2.24) is 0 Å². The zero-order valence-electron chi connectivity index (χ0n) is 5.36. The molecular weight excluding hydrogens is 232 g/mol. The van der Waals surface area contributed by atoms with Gasteiger partial charge in [0.15, 0.2) is 0 Å². The van der Waals surface area contributed by atoms with Crippen molar-refractivity contribution in [2.24, 2.45) is 0 Å². The fourth-order valence-electron chi connectivity index (χ4n) is 0.708. The predicted octanol–water partition coefficient (Wildman–Crippen LogP) is 3.70. The molecule has 3 heteroatoms. The van der Waals surface area contributed by atoms with Gasteiger partial charge in [0.05, 0.1) is 5.02 Å². The Kier molecular flexibility index (Phi) is 2.67. The van der Waals surface area contributed by atoms with Crippen LogP contribution in [0.1, 0.15) is 5.56 Å². The van der Waals surface area contributed by atoms with E-state index in [4.69, 9.17) is 11.6 Å². The van der Waals surface area contributed by atoms with Crippen molar-refractivity contribution in [2.75, 3.05) is 0 Å². The van der Waals surface area contributed by atoms with Crippen LogP contribution in [-0.2, 0) is 0 Å².